The van der Waals surface area contributed by atoms with Crippen molar-refractivity contribution in [2.75, 3.05) is 25.2 Å². The van der Waals surface area contributed by atoms with Gasteiger partial charge in [0.05, 0.1) is 22.1 Å². The molecule has 1 fully saturated rings. The Bertz CT molecular complexity index is 803. The molecule has 0 radical (unpaired) electrons. The van der Waals surface area contributed by atoms with Crippen LogP contribution in [0.25, 0.3) is 10.2 Å². The Morgan fingerprint density at radius 3 is 3.00 bits per heavy atom. The number of thiophene rings is 1. The standard InChI is InChI=1S/C18H23N3O2S3/c1-24-18-20-15-12-6-2-3-7-13(12)26-16(15)17(21-18)25-10-14(22)19-9-11-5-4-8-23-11/h11H,2-10H2,1H3,(H,19,22)/t11-/m0/s1. The van der Waals surface area contributed by atoms with Crippen molar-refractivity contribution in [3.05, 3.63) is 10.4 Å². The number of carbonyl (C=O) groups excluding carboxylic acids is 1. The molecule has 0 unspecified atom stereocenters. The smallest absolute Gasteiger partial charge is 0.230 e. The number of amides is 1. The number of nitrogens with zero attached hydrogens (tertiary/aromatic N) is 2. The molecular formula is C18H23N3O2S3. The van der Waals surface area contributed by atoms with Gasteiger partial charge in [-0.15, -0.1) is 11.3 Å². The fourth-order valence-corrected chi connectivity index (χ4v) is 6.16. The van der Waals surface area contributed by atoms with Crippen molar-refractivity contribution in [3.63, 3.8) is 0 Å². The quantitative estimate of drug-likeness (QED) is 0.446. The van der Waals surface area contributed by atoms with Crippen LogP contribution in [0.3, 0.4) is 0 Å². The zero-order valence-corrected chi connectivity index (χ0v) is 17.3. The van der Waals surface area contributed by atoms with Crippen LogP contribution in [0.1, 0.15) is 36.1 Å². The molecule has 1 aliphatic heterocycles. The monoisotopic (exact) mass is 409 g/mol. The van der Waals surface area contributed by atoms with Crippen LogP contribution in [-0.2, 0) is 22.4 Å². The van der Waals surface area contributed by atoms with Gasteiger partial charge in [-0.1, -0.05) is 23.5 Å². The molecule has 8 heteroatoms. The van der Waals surface area contributed by atoms with Gasteiger partial charge in [-0.2, -0.15) is 0 Å². The Labute approximate surface area is 166 Å². The van der Waals surface area contributed by atoms with E-state index in [1.54, 1.807) is 11.8 Å². The largest absolute Gasteiger partial charge is 0.376 e. The van der Waals surface area contributed by atoms with Gasteiger partial charge in [-0.05, 0) is 50.3 Å². The van der Waals surface area contributed by atoms with Gasteiger partial charge in [-0.25, -0.2) is 9.97 Å². The summed E-state index contributed by atoms with van der Waals surface area (Å²) in [6, 6.07) is 0. The Balaban J connectivity index is 1.48. The summed E-state index contributed by atoms with van der Waals surface area (Å²) in [5.41, 5.74) is 2.53. The SMILES string of the molecule is CSc1nc(SCC(=O)NC[C@@H]2CCCO2)c2sc3c(c2n1)CCCC3. The summed E-state index contributed by atoms with van der Waals surface area (Å²) in [4.78, 5) is 23.2. The zero-order valence-electron chi connectivity index (χ0n) is 14.9. The third-order valence-corrected chi connectivity index (χ3v) is 7.76. The Kier molecular flexibility index (Phi) is 6.03. The molecule has 0 aromatic carbocycles. The van der Waals surface area contributed by atoms with Crippen LogP contribution < -0.4 is 5.32 Å². The third kappa shape index (κ3) is 4.03. The molecule has 2 aromatic rings. The highest BCUT2D eigenvalue weighted by Crippen LogP contribution is 2.40. The first-order valence-electron chi connectivity index (χ1n) is 9.12. The van der Waals surface area contributed by atoms with Gasteiger partial charge in [0.25, 0.3) is 0 Å². The number of hydrogen-bond donors (Lipinski definition) is 1. The third-order valence-electron chi connectivity index (χ3n) is 4.82. The molecule has 2 aliphatic rings. The van der Waals surface area contributed by atoms with Crippen molar-refractivity contribution in [3.8, 4) is 0 Å². The fraction of sp³-hybridized carbons (Fsp3) is 0.611. The first-order valence-corrected chi connectivity index (χ1v) is 12.1. The molecule has 26 heavy (non-hydrogen) atoms. The maximum absolute atomic E-state index is 12.2. The predicted molar refractivity (Wildman–Crippen MR) is 109 cm³/mol. The number of hydrogen-bond acceptors (Lipinski definition) is 7. The van der Waals surface area contributed by atoms with Crippen molar-refractivity contribution in [1.82, 2.24) is 15.3 Å². The highest BCUT2D eigenvalue weighted by molar-refractivity contribution is 8.00. The minimum atomic E-state index is 0.0456. The molecule has 0 bridgehead atoms. The van der Waals surface area contributed by atoms with Crippen molar-refractivity contribution in [2.24, 2.45) is 0 Å². The summed E-state index contributed by atoms with van der Waals surface area (Å²) >= 11 is 4.92. The second-order valence-electron chi connectivity index (χ2n) is 6.63. The van der Waals surface area contributed by atoms with Crippen LogP contribution in [-0.4, -0.2) is 47.1 Å². The van der Waals surface area contributed by atoms with E-state index in [1.807, 2.05) is 17.6 Å². The van der Waals surface area contributed by atoms with Gasteiger partial charge in [0, 0.05) is 18.0 Å². The molecule has 0 saturated carbocycles. The molecule has 3 heterocycles. The molecule has 1 saturated heterocycles. The number of carbonyl (C=O) groups is 1. The number of fused-ring (bicyclic) bond motifs is 3. The van der Waals surface area contributed by atoms with Gasteiger partial charge in [-0.3, -0.25) is 4.79 Å². The van der Waals surface area contributed by atoms with Crippen LogP contribution in [0.5, 0.6) is 0 Å². The number of nitrogens with one attached hydrogen (secondary N) is 1. The maximum atomic E-state index is 12.2. The number of rotatable bonds is 6. The molecule has 1 N–H and O–H groups in total. The second kappa shape index (κ2) is 8.46. The van der Waals surface area contributed by atoms with E-state index in [9.17, 15) is 4.79 Å². The maximum Gasteiger partial charge on any atom is 0.230 e. The zero-order chi connectivity index (χ0) is 17.9. The molecule has 2 aromatic heterocycles. The van der Waals surface area contributed by atoms with E-state index < -0.39 is 0 Å². The molecule has 4 rings (SSSR count). The van der Waals surface area contributed by atoms with Crippen molar-refractivity contribution in [2.45, 2.75) is 54.8 Å². The highest BCUT2D eigenvalue weighted by Gasteiger charge is 2.22. The minimum absolute atomic E-state index is 0.0456. The number of ether oxygens (including phenoxy) is 1. The average Bonchev–Trinajstić information content (AvgIpc) is 3.31. The summed E-state index contributed by atoms with van der Waals surface area (Å²) in [7, 11) is 0. The highest BCUT2D eigenvalue weighted by atomic mass is 32.2. The topological polar surface area (TPSA) is 64.1 Å². The van der Waals surface area contributed by atoms with Crippen molar-refractivity contribution in [1.29, 1.82) is 0 Å². The molecule has 1 atom stereocenters. The second-order valence-corrected chi connectivity index (χ2v) is 9.47. The Morgan fingerprint density at radius 2 is 2.19 bits per heavy atom. The van der Waals surface area contributed by atoms with Gasteiger partial charge in [0.2, 0.25) is 5.91 Å². The van der Waals surface area contributed by atoms with Gasteiger partial charge >= 0.3 is 0 Å². The summed E-state index contributed by atoms with van der Waals surface area (Å²) in [5.74, 6) is 0.430. The van der Waals surface area contributed by atoms with Crippen molar-refractivity contribution >= 4 is 51.0 Å². The first kappa shape index (κ1) is 18.5. The number of thioether (sulfide) groups is 2. The normalized spacial score (nSPS) is 19.7. The van der Waals surface area contributed by atoms with E-state index in [2.05, 4.69) is 5.32 Å². The number of aromatic nitrogens is 2. The lowest BCUT2D eigenvalue weighted by Gasteiger charge is -2.11. The lowest BCUT2D eigenvalue weighted by molar-refractivity contribution is -0.119. The van der Waals surface area contributed by atoms with Crippen molar-refractivity contribution < 1.29 is 9.53 Å². The minimum Gasteiger partial charge on any atom is -0.376 e. The molecule has 0 spiro atoms. The van der Waals surface area contributed by atoms with E-state index in [0.29, 0.717) is 12.3 Å². The van der Waals surface area contributed by atoms with Crippen LogP contribution >= 0.6 is 34.9 Å². The van der Waals surface area contributed by atoms with Crippen LogP contribution in [0.2, 0.25) is 0 Å². The molecule has 5 nitrogen and oxygen atoms in total. The molecule has 1 aliphatic carbocycles. The van der Waals surface area contributed by atoms with E-state index in [-0.39, 0.29) is 12.0 Å². The number of aryl methyl sites for hydroxylation is 2. The molecular weight excluding hydrogens is 386 g/mol. The fourth-order valence-electron chi connectivity index (χ4n) is 3.48. The van der Waals surface area contributed by atoms with E-state index in [1.165, 1.54) is 35.0 Å². The summed E-state index contributed by atoms with van der Waals surface area (Å²) in [6.45, 7) is 1.43. The summed E-state index contributed by atoms with van der Waals surface area (Å²) in [6.07, 6.45) is 9.09. The molecule has 1 amide bonds. The lowest BCUT2D eigenvalue weighted by atomic mass is 9.98. The molecule has 140 valence electrons. The van der Waals surface area contributed by atoms with Gasteiger partial charge < -0.3 is 10.1 Å². The Morgan fingerprint density at radius 1 is 1.31 bits per heavy atom. The van der Waals surface area contributed by atoms with Crippen LogP contribution in [0.15, 0.2) is 10.2 Å². The predicted octanol–water partition coefficient (Wildman–Crippen LogP) is 3.68. The van der Waals surface area contributed by atoms with Gasteiger partial charge in [0.15, 0.2) is 5.16 Å². The van der Waals surface area contributed by atoms with Crippen LogP contribution in [0.4, 0.5) is 0 Å². The Hall–Kier alpha value is -0.830. The summed E-state index contributed by atoms with van der Waals surface area (Å²) < 4.78 is 6.72. The van der Waals surface area contributed by atoms with E-state index in [4.69, 9.17) is 14.7 Å². The first-order chi connectivity index (χ1) is 12.7. The average molecular weight is 410 g/mol. The van der Waals surface area contributed by atoms with E-state index in [0.717, 1.165) is 52.7 Å². The van der Waals surface area contributed by atoms with E-state index >= 15 is 0 Å². The van der Waals surface area contributed by atoms with Crippen LogP contribution in [0, 0.1) is 0 Å². The lowest BCUT2D eigenvalue weighted by Crippen LogP contribution is -2.32. The summed E-state index contributed by atoms with van der Waals surface area (Å²) in [5, 5.41) is 4.74. The van der Waals surface area contributed by atoms with Gasteiger partial charge in [0.1, 0.15) is 5.03 Å².